The Balaban J connectivity index is 1.58. The van der Waals surface area contributed by atoms with E-state index in [1.807, 2.05) is 0 Å². The molecule has 0 aromatic rings. The molecular weight excluding hydrogens is 318 g/mol. The van der Waals surface area contributed by atoms with Gasteiger partial charge in [-0.05, 0) is 46.3 Å². The molecule has 7 heteroatoms. The lowest BCUT2D eigenvalue weighted by molar-refractivity contribution is 0.0424. The van der Waals surface area contributed by atoms with Crippen LogP contribution in [-0.2, 0) is 9.47 Å². The zero-order chi connectivity index (χ0) is 17.7. The van der Waals surface area contributed by atoms with E-state index in [0.29, 0.717) is 6.10 Å². The van der Waals surface area contributed by atoms with Crippen molar-refractivity contribution in [1.82, 2.24) is 20.4 Å². The second kappa shape index (κ2) is 12.5. The van der Waals surface area contributed by atoms with Crippen LogP contribution in [0.5, 0.6) is 0 Å². The Morgan fingerprint density at radius 3 is 2.96 bits per heavy atom. The second-order valence-corrected chi connectivity index (χ2v) is 6.90. The lowest BCUT2D eigenvalue weighted by atomic mass is 10.3. The van der Waals surface area contributed by atoms with Gasteiger partial charge in [0.1, 0.15) is 0 Å². The summed E-state index contributed by atoms with van der Waals surface area (Å²) in [6.45, 7) is 12.9. The van der Waals surface area contributed by atoms with Crippen molar-refractivity contribution in [3.05, 3.63) is 0 Å². The van der Waals surface area contributed by atoms with Crippen LogP contribution < -0.4 is 10.6 Å². The fourth-order valence-corrected chi connectivity index (χ4v) is 3.15. The normalized spacial score (nSPS) is 23.6. The third kappa shape index (κ3) is 8.85. The average molecular weight is 356 g/mol. The predicted octanol–water partition coefficient (Wildman–Crippen LogP) is 0.375. The van der Waals surface area contributed by atoms with Gasteiger partial charge in [-0.25, -0.2) is 0 Å². The summed E-state index contributed by atoms with van der Waals surface area (Å²) in [5.41, 5.74) is 0. The Hall–Kier alpha value is -0.890. The summed E-state index contributed by atoms with van der Waals surface area (Å²) in [6, 6.07) is 0. The summed E-state index contributed by atoms with van der Waals surface area (Å²) in [4.78, 5) is 9.60. The van der Waals surface area contributed by atoms with Crippen LogP contribution in [0.1, 0.15) is 26.2 Å². The van der Waals surface area contributed by atoms with Gasteiger partial charge in [0.15, 0.2) is 5.96 Å². The molecule has 2 fully saturated rings. The van der Waals surface area contributed by atoms with Crippen molar-refractivity contribution in [2.45, 2.75) is 32.3 Å². The summed E-state index contributed by atoms with van der Waals surface area (Å²) in [5, 5.41) is 6.78. The van der Waals surface area contributed by atoms with Crippen molar-refractivity contribution in [2.75, 3.05) is 79.2 Å². The molecule has 0 aliphatic carbocycles. The zero-order valence-electron chi connectivity index (χ0n) is 16.1. The van der Waals surface area contributed by atoms with E-state index < -0.39 is 0 Å². The number of ether oxygens (including phenoxy) is 2. The first kappa shape index (κ1) is 20.4. The van der Waals surface area contributed by atoms with E-state index in [9.17, 15) is 0 Å². The third-order valence-corrected chi connectivity index (χ3v) is 4.69. The largest absolute Gasteiger partial charge is 0.379 e. The third-order valence-electron chi connectivity index (χ3n) is 4.69. The molecule has 2 heterocycles. The van der Waals surface area contributed by atoms with Crippen LogP contribution in [0, 0.1) is 0 Å². The van der Waals surface area contributed by atoms with E-state index >= 15 is 0 Å². The van der Waals surface area contributed by atoms with Crippen molar-refractivity contribution in [2.24, 2.45) is 4.99 Å². The average Bonchev–Trinajstić information content (AvgIpc) is 3.03. The lowest BCUT2D eigenvalue weighted by Crippen LogP contribution is -2.42. The molecular formula is C18H37N5O2. The number of guanidine groups is 1. The van der Waals surface area contributed by atoms with Crippen molar-refractivity contribution >= 4 is 5.96 Å². The Morgan fingerprint density at radius 1 is 1.24 bits per heavy atom. The summed E-state index contributed by atoms with van der Waals surface area (Å²) in [7, 11) is 2.21. The molecule has 2 aliphatic heterocycles. The standard InChI is InChI=1S/C18H37N5O2/c1-3-19-18(20-7-4-14-25-17-6-15-24-16-17)21-8-11-23-10-5-9-22(2)12-13-23/h17H,3-16H2,1-2H3,(H2,19,20,21). The molecule has 1 unspecified atom stereocenters. The fourth-order valence-electron chi connectivity index (χ4n) is 3.15. The molecule has 7 nitrogen and oxygen atoms in total. The van der Waals surface area contributed by atoms with Gasteiger partial charge in [-0.2, -0.15) is 0 Å². The Kier molecular flexibility index (Phi) is 10.2. The Morgan fingerprint density at radius 2 is 2.16 bits per heavy atom. The van der Waals surface area contributed by atoms with Gasteiger partial charge in [-0.15, -0.1) is 0 Å². The smallest absolute Gasteiger partial charge is 0.191 e. The van der Waals surface area contributed by atoms with E-state index in [-0.39, 0.29) is 0 Å². The molecule has 146 valence electrons. The quantitative estimate of drug-likeness (QED) is 0.354. The highest BCUT2D eigenvalue weighted by Crippen LogP contribution is 2.08. The maximum atomic E-state index is 5.78. The minimum Gasteiger partial charge on any atom is -0.379 e. The minimum absolute atomic E-state index is 0.294. The highest BCUT2D eigenvalue weighted by Gasteiger charge is 2.15. The van der Waals surface area contributed by atoms with Crippen molar-refractivity contribution < 1.29 is 9.47 Å². The number of hydrogen-bond donors (Lipinski definition) is 2. The SMILES string of the molecule is CCNC(=NCCCOC1CCOC1)NCCN1CCCN(C)CC1. The fraction of sp³-hybridized carbons (Fsp3) is 0.944. The van der Waals surface area contributed by atoms with Gasteiger partial charge in [0.25, 0.3) is 0 Å². The summed E-state index contributed by atoms with van der Waals surface area (Å²) < 4.78 is 11.1. The number of likely N-dealkylation sites (N-methyl/N-ethyl adjacent to an activating group) is 1. The summed E-state index contributed by atoms with van der Waals surface area (Å²) in [6.07, 6.45) is 3.53. The highest BCUT2D eigenvalue weighted by atomic mass is 16.5. The van der Waals surface area contributed by atoms with Gasteiger partial charge >= 0.3 is 0 Å². The van der Waals surface area contributed by atoms with Crippen LogP contribution in [0.25, 0.3) is 0 Å². The lowest BCUT2D eigenvalue weighted by Gasteiger charge is -2.21. The summed E-state index contributed by atoms with van der Waals surface area (Å²) >= 11 is 0. The Bertz CT molecular complexity index is 374. The van der Waals surface area contributed by atoms with E-state index in [2.05, 4.69) is 39.4 Å². The molecule has 0 radical (unpaired) electrons. The molecule has 0 saturated carbocycles. The molecule has 2 N–H and O–H groups in total. The van der Waals surface area contributed by atoms with E-state index in [4.69, 9.17) is 9.47 Å². The van der Waals surface area contributed by atoms with Gasteiger partial charge in [0.2, 0.25) is 0 Å². The highest BCUT2D eigenvalue weighted by molar-refractivity contribution is 5.79. The second-order valence-electron chi connectivity index (χ2n) is 6.90. The van der Waals surface area contributed by atoms with E-state index in [0.717, 1.165) is 71.3 Å². The van der Waals surface area contributed by atoms with Crippen LogP contribution in [0.3, 0.4) is 0 Å². The van der Waals surface area contributed by atoms with Crippen LogP contribution in [0.15, 0.2) is 4.99 Å². The number of hydrogen-bond acceptors (Lipinski definition) is 5. The minimum atomic E-state index is 0.294. The topological polar surface area (TPSA) is 61.4 Å². The van der Waals surface area contributed by atoms with Gasteiger partial charge in [-0.1, -0.05) is 0 Å². The first-order valence-electron chi connectivity index (χ1n) is 9.90. The molecule has 2 saturated heterocycles. The van der Waals surface area contributed by atoms with E-state index in [1.54, 1.807) is 0 Å². The first-order chi connectivity index (χ1) is 12.3. The van der Waals surface area contributed by atoms with Gasteiger partial charge in [0.05, 0.1) is 12.7 Å². The predicted molar refractivity (Wildman–Crippen MR) is 102 cm³/mol. The van der Waals surface area contributed by atoms with Crippen LogP contribution >= 0.6 is 0 Å². The van der Waals surface area contributed by atoms with E-state index in [1.165, 1.54) is 26.1 Å². The van der Waals surface area contributed by atoms with Crippen molar-refractivity contribution in [3.63, 3.8) is 0 Å². The molecule has 1 atom stereocenters. The zero-order valence-corrected chi connectivity index (χ0v) is 16.1. The molecule has 2 rings (SSSR count). The number of nitrogens with zero attached hydrogens (tertiary/aromatic N) is 3. The van der Waals surface area contributed by atoms with Crippen LogP contribution in [0.2, 0.25) is 0 Å². The van der Waals surface area contributed by atoms with Crippen LogP contribution in [-0.4, -0.2) is 101 Å². The van der Waals surface area contributed by atoms with Gasteiger partial charge < -0.3 is 29.9 Å². The van der Waals surface area contributed by atoms with Gasteiger partial charge in [-0.3, -0.25) is 4.99 Å². The number of nitrogens with one attached hydrogen (secondary N) is 2. The van der Waals surface area contributed by atoms with Gasteiger partial charge in [0, 0.05) is 52.5 Å². The molecule has 25 heavy (non-hydrogen) atoms. The molecule has 0 spiro atoms. The van der Waals surface area contributed by atoms with Crippen LogP contribution in [0.4, 0.5) is 0 Å². The Labute approximate surface area is 153 Å². The number of aliphatic imine (C=N–C) groups is 1. The van der Waals surface area contributed by atoms with Crippen molar-refractivity contribution in [3.8, 4) is 0 Å². The first-order valence-corrected chi connectivity index (χ1v) is 9.90. The molecule has 0 bridgehead atoms. The molecule has 0 aromatic heterocycles. The molecule has 2 aliphatic rings. The monoisotopic (exact) mass is 355 g/mol. The molecule has 0 aromatic carbocycles. The maximum Gasteiger partial charge on any atom is 0.191 e. The molecule has 0 amide bonds. The van der Waals surface area contributed by atoms with Crippen molar-refractivity contribution in [1.29, 1.82) is 0 Å². The summed E-state index contributed by atoms with van der Waals surface area (Å²) in [5.74, 6) is 0.915. The maximum absolute atomic E-state index is 5.78. The number of rotatable bonds is 9.